The van der Waals surface area contributed by atoms with Crippen molar-refractivity contribution in [2.75, 3.05) is 33.4 Å². The van der Waals surface area contributed by atoms with Gasteiger partial charge in [0.05, 0.1) is 5.41 Å². The molecule has 1 heterocycles. The lowest BCUT2D eigenvalue weighted by Crippen LogP contribution is -2.49. The fourth-order valence-electron chi connectivity index (χ4n) is 2.54. The molecule has 0 aromatic rings. The van der Waals surface area contributed by atoms with Crippen molar-refractivity contribution >= 4 is 12.0 Å². The molecule has 1 fully saturated rings. The Hall–Kier alpha value is -1.30. The number of unbranched alkanes of at least 4 members (excludes halogenated alkanes) is 1. The van der Waals surface area contributed by atoms with Crippen LogP contribution in [0.2, 0.25) is 0 Å². The summed E-state index contributed by atoms with van der Waals surface area (Å²) in [6.07, 6.45) is 3.51. The number of nitrogens with one attached hydrogen (secondary N) is 1. The smallest absolute Gasteiger partial charge is 0.317 e. The standard InChI is InChI=1S/C14H26N2O4/c1-3-14(12(17)18)6-9-16(10-7-14)13(19)15-8-4-5-11-20-2/h3-11H2,1-2H3,(H,15,19)(H,17,18). The number of hydrogen-bond donors (Lipinski definition) is 2. The molecule has 0 spiro atoms. The first-order valence-electron chi connectivity index (χ1n) is 7.31. The first kappa shape index (κ1) is 16.8. The van der Waals surface area contributed by atoms with Gasteiger partial charge < -0.3 is 20.1 Å². The van der Waals surface area contributed by atoms with Crippen LogP contribution in [0.5, 0.6) is 0 Å². The molecule has 1 saturated heterocycles. The van der Waals surface area contributed by atoms with E-state index in [-0.39, 0.29) is 6.03 Å². The van der Waals surface area contributed by atoms with Crippen LogP contribution >= 0.6 is 0 Å². The Kier molecular flexibility index (Phi) is 6.78. The number of likely N-dealkylation sites (tertiary alicyclic amines) is 1. The molecule has 0 aliphatic carbocycles. The van der Waals surface area contributed by atoms with Gasteiger partial charge in [0.1, 0.15) is 0 Å². The zero-order chi connectivity index (χ0) is 15.0. The fraction of sp³-hybridized carbons (Fsp3) is 0.857. The van der Waals surface area contributed by atoms with Crippen LogP contribution in [0.1, 0.15) is 39.0 Å². The van der Waals surface area contributed by atoms with Crippen molar-refractivity contribution in [1.29, 1.82) is 0 Å². The van der Waals surface area contributed by atoms with E-state index in [9.17, 15) is 14.7 Å². The molecule has 1 aliphatic heterocycles. The van der Waals surface area contributed by atoms with Crippen molar-refractivity contribution < 1.29 is 19.4 Å². The van der Waals surface area contributed by atoms with Crippen molar-refractivity contribution in [3.63, 3.8) is 0 Å². The molecule has 0 unspecified atom stereocenters. The SMILES string of the molecule is CCC1(C(=O)O)CCN(C(=O)NCCCCOC)CC1. The molecular weight excluding hydrogens is 260 g/mol. The summed E-state index contributed by atoms with van der Waals surface area (Å²) in [6.45, 7) is 4.28. The van der Waals surface area contributed by atoms with E-state index in [2.05, 4.69) is 5.32 Å². The lowest BCUT2D eigenvalue weighted by Gasteiger charge is -2.38. The van der Waals surface area contributed by atoms with Gasteiger partial charge in [-0.05, 0) is 32.1 Å². The number of methoxy groups -OCH3 is 1. The van der Waals surface area contributed by atoms with Crippen molar-refractivity contribution in [2.24, 2.45) is 5.41 Å². The average Bonchev–Trinajstić information content (AvgIpc) is 2.46. The van der Waals surface area contributed by atoms with Gasteiger partial charge in [-0.2, -0.15) is 0 Å². The highest BCUT2D eigenvalue weighted by molar-refractivity contribution is 5.77. The Morgan fingerprint density at radius 1 is 1.30 bits per heavy atom. The van der Waals surface area contributed by atoms with Gasteiger partial charge in [-0.15, -0.1) is 0 Å². The molecule has 6 heteroatoms. The third kappa shape index (κ3) is 4.37. The second-order valence-electron chi connectivity index (χ2n) is 5.36. The summed E-state index contributed by atoms with van der Waals surface area (Å²) in [4.78, 5) is 25.0. The Labute approximate surface area is 120 Å². The summed E-state index contributed by atoms with van der Waals surface area (Å²) < 4.78 is 4.94. The minimum atomic E-state index is -0.736. The van der Waals surface area contributed by atoms with Gasteiger partial charge in [0.2, 0.25) is 0 Å². The first-order valence-corrected chi connectivity index (χ1v) is 7.31. The minimum absolute atomic E-state index is 0.0856. The summed E-state index contributed by atoms with van der Waals surface area (Å²) in [5.41, 5.74) is -0.644. The number of carboxylic acid groups (broad SMARTS) is 1. The molecule has 0 bridgehead atoms. The largest absolute Gasteiger partial charge is 0.481 e. The van der Waals surface area contributed by atoms with E-state index in [1.165, 1.54) is 0 Å². The molecule has 1 aliphatic rings. The van der Waals surface area contributed by atoms with E-state index in [1.54, 1.807) is 12.0 Å². The topological polar surface area (TPSA) is 78.9 Å². The molecule has 0 aromatic heterocycles. The van der Waals surface area contributed by atoms with Crippen LogP contribution in [0.15, 0.2) is 0 Å². The Balaban J connectivity index is 2.30. The quantitative estimate of drug-likeness (QED) is 0.698. The van der Waals surface area contributed by atoms with Gasteiger partial charge in [-0.3, -0.25) is 4.79 Å². The molecule has 2 amide bonds. The maximum atomic E-state index is 11.9. The molecule has 2 N–H and O–H groups in total. The van der Waals surface area contributed by atoms with Crippen LogP contribution in [0, 0.1) is 5.41 Å². The molecule has 0 aromatic carbocycles. The maximum Gasteiger partial charge on any atom is 0.317 e. The molecule has 1 rings (SSSR count). The van der Waals surface area contributed by atoms with E-state index >= 15 is 0 Å². The zero-order valence-electron chi connectivity index (χ0n) is 12.5. The molecule has 0 saturated carbocycles. The highest BCUT2D eigenvalue weighted by atomic mass is 16.5. The molecule has 0 atom stereocenters. The van der Waals surface area contributed by atoms with Gasteiger partial charge in [-0.25, -0.2) is 4.79 Å². The lowest BCUT2D eigenvalue weighted by molar-refractivity contribution is -0.151. The molecule has 116 valence electrons. The predicted octanol–water partition coefficient (Wildman–Crippen LogP) is 1.70. The number of rotatable bonds is 7. The molecule has 6 nitrogen and oxygen atoms in total. The number of amides is 2. The van der Waals surface area contributed by atoms with E-state index in [0.717, 1.165) is 12.8 Å². The number of carbonyl (C=O) groups is 2. The maximum absolute atomic E-state index is 11.9. The Bertz CT molecular complexity index is 325. The van der Waals surface area contributed by atoms with Gasteiger partial charge in [0, 0.05) is 33.4 Å². The highest BCUT2D eigenvalue weighted by Gasteiger charge is 2.40. The first-order chi connectivity index (χ1) is 9.55. The number of piperidine rings is 1. The number of carboxylic acids is 1. The van der Waals surface area contributed by atoms with E-state index < -0.39 is 11.4 Å². The normalized spacial score (nSPS) is 17.8. The van der Waals surface area contributed by atoms with E-state index in [4.69, 9.17) is 4.74 Å². The van der Waals surface area contributed by atoms with Crippen molar-refractivity contribution in [1.82, 2.24) is 10.2 Å². The predicted molar refractivity (Wildman–Crippen MR) is 75.7 cm³/mol. The third-order valence-corrected chi connectivity index (χ3v) is 4.19. The van der Waals surface area contributed by atoms with E-state index in [0.29, 0.717) is 45.5 Å². The van der Waals surface area contributed by atoms with Crippen LogP contribution in [0.25, 0.3) is 0 Å². The third-order valence-electron chi connectivity index (χ3n) is 4.19. The summed E-state index contributed by atoms with van der Waals surface area (Å²) in [6, 6.07) is -0.0856. The minimum Gasteiger partial charge on any atom is -0.481 e. The average molecular weight is 286 g/mol. The zero-order valence-corrected chi connectivity index (χ0v) is 12.5. The summed E-state index contributed by atoms with van der Waals surface area (Å²) in [7, 11) is 1.66. The number of carbonyl (C=O) groups excluding carboxylic acids is 1. The van der Waals surface area contributed by atoms with Crippen molar-refractivity contribution in [3.05, 3.63) is 0 Å². The van der Waals surface area contributed by atoms with Crippen LogP contribution in [-0.2, 0) is 9.53 Å². The van der Waals surface area contributed by atoms with E-state index in [1.807, 2.05) is 6.92 Å². The van der Waals surface area contributed by atoms with Gasteiger partial charge in [0.25, 0.3) is 0 Å². The number of urea groups is 1. The van der Waals surface area contributed by atoms with Crippen molar-refractivity contribution in [2.45, 2.75) is 39.0 Å². The van der Waals surface area contributed by atoms with Crippen LogP contribution in [-0.4, -0.2) is 55.4 Å². The van der Waals surface area contributed by atoms with Crippen LogP contribution < -0.4 is 5.32 Å². The summed E-state index contributed by atoms with van der Waals surface area (Å²) in [5.74, 6) is -0.736. The van der Waals surface area contributed by atoms with Crippen LogP contribution in [0.4, 0.5) is 4.79 Å². The van der Waals surface area contributed by atoms with Gasteiger partial charge >= 0.3 is 12.0 Å². The lowest BCUT2D eigenvalue weighted by atomic mass is 9.76. The summed E-state index contributed by atoms with van der Waals surface area (Å²) in [5, 5.41) is 12.2. The number of nitrogens with zero attached hydrogens (tertiary/aromatic N) is 1. The number of hydrogen-bond acceptors (Lipinski definition) is 3. The highest BCUT2D eigenvalue weighted by Crippen LogP contribution is 2.35. The van der Waals surface area contributed by atoms with Gasteiger partial charge in [0.15, 0.2) is 0 Å². The Morgan fingerprint density at radius 3 is 2.45 bits per heavy atom. The molecule has 20 heavy (non-hydrogen) atoms. The molecular formula is C14H26N2O4. The Morgan fingerprint density at radius 2 is 1.95 bits per heavy atom. The number of aliphatic carboxylic acids is 1. The summed E-state index contributed by atoms with van der Waals surface area (Å²) >= 11 is 0. The second-order valence-corrected chi connectivity index (χ2v) is 5.36. The fourth-order valence-corrected chi connectivity index (χ4v) is 2.54. The van der Waals surface area contributed by atoms with Crippen LogP contribution in [0.3, 0.4) is 0 Å². The molecule has 0 radical (unpaired) electrons. The second kappa shape index (κ2) is 8.09. The number of ether oxygens (including phenoxy) is 1. The van der Waals surface area contributed by atoms with Gasteiger partial charge in [-0.1, -0.05) is 6.92 Å². The van der Waals surface area contributed by atoms with Crippen molar-refractivity contribution in [3.8, 4) is 0 Å². The monoisotopic (exact) mass is 286 g/mol.